The van der Waals surface area contributed by atoms with Crippen molar-refractivity contribution in [3.05, 3.63) is 28.8 Å². The summed E-state index contributed by atoms with van der Waals surface area (Å²) in [6.07, 6.45) is -0.712. The molecule has 0 radical (unpaired) electrons. The Kier molecular flexibility index (Phi) is 6.08. The maximum absolute atomic E-state index is 12.3. The fraction of sp³-hybridized carbons (Fsp3) is 0.462. The smallest absolute Gasteiger partial charge is 0.255 e. The van der Waals surface area contributed by atoms with Crippen LogP contribution in [0.15, 0.2) is 18.2 Å². The summed E-state index contributed by atoms with van der Waals surface area (Å²) in [5.41, 5.74) is 1.17. The van der Waals surface area contributed by atoms with Crippen molar-refractivity contribution in [2.45, 2.75) is 6.10 Å². The Balaban J connectivity index is 2.84. The summed E-state index contributed by atoms with van der Waals surface area (Å²) < 4.78 is 4.83. The molecule has 0 saturated heterocycles. The normalized spacial score (nSPS) is 12.1. The highest BCUT2D eigenvalue weighted by Gasteiger charge is 2.18. The van der Waals surface area contributed by atoms with E-state index >= 15 is 0 Å². The molecule has 1 rings (SSSR count). The second-order valence-corrected chi connectivity index (χ2v) is 4.67. The quantitative estimate of drug-likeness (QED) is 0.831. The average molecular weight is 287 g/mol. The number of carbonyl (C=O) groups excluding carboxylic acids is 1. The van der Waals surface area contributed by atoms with Crippen LogP contribution < -0.4 is 5.32 Å². The zero-order valence-corrected chi connectivity index (χ0v) is 12.1. The number of likely N-dealkylation sites (N-methyl/N-ethyl adjacent to an activating group) is 1. The molecule has 1 unspecified atom stereocenters. The number of halogens is 1. The molecule has 1 atom stereocenters. The molecule has 19 heavy (non-hydrogen) atoms. The van der Waals surface area contributed by atoms with Gasteiger partial charge in [-0.25, -0.2) is 0 Å². The van der Waals surface area contributed by atoms with E-state index in [2.05, 4.69) is 5.32 Å². The third-order valence-electron chi connectivity index (χ3n) is 2.67. The van der Waals surface area contributed by atoms with E-state index < -0.39 is 6.10 Å². The maximum atomic E-state index is 12.3. The minimum atomic E-state index is -0.712. The van der Waals surface area contributed by atoms with E-state index in [1.54, 1.807) is 32.3 Å². The first-order chi connectivity index (χ1) is 8.99. The molecule has 0 spiro atoms. The maximum Gasteiger partial charge on any atom is 0.255 e. The number of rotatable bonds is 6. The van der Waals surface area contributed by atoms with Crippen LogP contribution in [0, 0.1) is 0 Å². The number of nitrogens with one attached hydrogen (secondary N) is 1. The van der Waals surface area contributed by atoms with Crippen molar-refractivity contribution in [1.29, 1.82) is 0 Å². The highest BCUT2D eigenvalue weighted by atomic mass is 35.5. The fourth-order valence-electron chi connectivity index (χ4n) is 1.76. The molecule has 6 heteroatoms. The molecular formula is C13H19ClN2O3. The average Bonchev–Trinajstić information content (AvgIpc) is 2.37. The first kappa shape index (κ1) is 15.8. The molecule has 0 aliphatic rings. The van der Waals surface area contributed by atoms with E-state index in [1.165, 1.54) is 12.0 Å². The summed E-state index contributed by atoms with van der Waals surface area (Å²) in [5, 5.41) is 13.1. The van der Waals surface area contributed by atoms with E-state index in [4.69, 9.17) is 16.3 Å². The summed E-state index contributed by atoms with van der Waals surface area (Å²) >= 11 is 5.91. The lowest BCUT2D eigenvalue weighted by molar-refractivity contribution is 0.0380. The van der Waals surface area contributed by atoms with Gasteiger partial charge in [-0.3, -0.25) is 4.79 Å². The van der Waals surface area contributed by atoms with Gasteiger partial charge in [-0.05, 0) is 18.2 Å². The Morgan fingerprint density at radius 3 is 2.84 bits per heavy atom. The third-order valence-corrected chi connectivity index (χ3v) is 2.91. The van der Waals surface area contributed by atoms with Gasteiger partial charge >= 0.3 is 0 Å². The van der Waals surface area contributed by atoms with Crippen LogP contribution in [0.5, 0.6) is 0 Å². The Bertz CT molecular complexity index is 440. The van der Waals surface area contributed by atoms with Crippen LogP contribution in [0.2, 0.25) is 5.02 Å². The molecule has 5 nitrogen and oxygen atoms in total. The molecule has 0 saturated carbocycles. The highest BCUT2D eigenvalue weighted by Crippen LogP contribution is 2.21. The third kappa shape index (κ3) is 4.38. The van der Waals surface area contributed by atoms with Crippen LogP contribution >= 0.6 is 11.6 Å². The van der Waals surface area contributed by atoms with Crippen molar-refractivity contribution in [3.63, 3.8) is 0 Å². The minimum Gasteiger partial charge on any atom is -0.389 e. The number of aliphatic hydroxyl groups is 1. The predicted octanol–water partition coefficient (Wildman–Crippen LogP) is 1.46. The van der Waals surface area contributed by atoms with Gasteiger partial charge in [0.2, 0.25) is 0 Å². The van der Waals surface area contributed by atoms with Crippen LogP contribution in [0.3, 0.4) is 0 Å². The van der Waals surface area contributed by atoms with E-state index in [0.29, 0.717) is 16.3 Å². The zero-order chi connectivity index (χ0) is 14.4. The number of methoxy groups -OCH3 is 1. The van der Waals surface area contributed by atoms with E-state index in [-0.39, 0.29) is 19.1 Å². The van der Waals surface area contributed by atoms with Gasteiger partial charge in [0.05, 0.1) is 18.3 Å². The molecule has 1 amide bonds. The molecule has 106 valence electrons. The first-order valence-electron chi connectivity index (χ1n) is 5.89. The predicted molar refractivity (Wildman–Crippen MR) is 75.8 cm³/mol. The number of benzene rings is 1. The molecule has 2 N–H and O–H groups in total. The Hall–Kier alpha value is -1.30. The molecule has 0 bridgehead atoms. The lowest BCUT2D eigenvalue weighted by atomic mass is 10.1. The van der Waals surface area contributed by atoms with Crippen molar-refractivity contribution < 1.29 is 14.6 Å². The van der Waals surface area contributed by atoms with E-state index in [9.17, 15) is 9.90 Å². The lowest BCUT2D eigenvalue weighted by Crippen LogP contribution is -2.36. The number of nitrogens with zero attached hydrogens (tertiary/aromatic N) is 1. The van der Waals surface area contributed by atoms with E-state index in [1.807, 2.05) is 0 Å². The Morgan fingerprint density at radius 2 is 2.26 bits per heavy atom. The molecule has 0 aliphatic carbocycles. The minimum absolute atomic E-state index is 0.187. The van der Waals surface area contributed by atoms with Crippen molar-refractivity contribution in [1.82, 2.24) is 4.90 Å². The summed E-state index contributed by atoms with van der Waals surface area (Å²) in [5.74, 6) is -0.206. The van der Waals surface area contributed by atoms with Crippen LogP contribution in [-0.4, -0.2) is 56.4 Å². The number of anilines is 1. The second-order valence-electron chi connectivity index (χ2n) is 4.23. The van der Waals surface area contributed by atoms with Gasteiger partial charge < -0.3 is 20.1 Å². The van der Waals surface area contributed by atoms with Crippen molar-refractivity contribution >= 4 is 23.2 Å². The van der Waals surface area contributed by atoms with Crippen LogP contribution in [0.1, 0.15) is 10.4 Å². The number of hydrogen-bond acceptors (Lipinski definition) is 4. The fourth-order valence-corrected chi connectivity index (χ4v) is 1.93. The highest BCUT2D eigenvalue weighted by molar-refractivity contribution is 6.31. The van der Waals surface area contributed by atoms with Crippen LogP contribution in [0.25, 0.3) is 0 Å². The number of ether oxygens (including phenoxy) is 1. The molecule has 1 aromatic carbocycles. The molecular weight excluding hydrogens is 268 g/mol. The SMILES string of the molecule is CNc1ccc(Cl)cc1C(=O)N(C)CC(O)COC. The monoisotopic (exact) mass is 286 g/mol. The van der Waals surface area contributed by atoms with Gasteiger partial charge in [0.1, 0.15) is 0 Å². The Labute approximate surface area is 118 Å². The van der Waals surface area contributed by atoms with Gasteiger partial charge in [-0.1, -0.05) is 11.6 Å². The Morgan fingerprint density at radius 1 is 1.58 bits per heavy atom. The largest absolute Gasteiger partial charge is 0.389 e. The van der Waals surface area contributed by atoms with Gasteiger partial charge in [-0.15, -0.1) is 0 Å². The summed E-state index contributed by atoms with van der Waals surface area (Å²) in [6.45, 7) is 0.383. The van der Waals surface area contributed by atoms with Crippen LogP contribution in [0.4, 0.5) is 5.69 Å². The topological polar surface area (TPSA) is 61.8 Å². The van der Waals surface area contributed by atoms with Crippen molar-refractivity contribution in [2.24, 2.45) is 0 Å². The molecule has 0 heterocycles. The van der Waals surface area contributed by atoms with Gasteiger partial charge in [0.15, 0.2) is 0 Å². The van der Waals surface area contributed by atoms with Gasteiger partial charge in [0, 0.05) is 38.5 Å². The molecule has 0 aliphatic heterocycles. The summed E-state index contributed by atoms with van der Waals surface area (Å²) in [6, 6.07) is 5.06. The zero-order valence-electron chi connectivity index (χ0n) is 11.3. The van der Waals surface area contributed by atoms with Crippen LogP contribution in [-0.2, 0) is 4.74 Å². The van der Waals surface area contributed by atoms with Gasteiger partial charge in [0.25, 0.3) is 5.91 Å². The second kappa shape index (κ2) is 7.33. The number of carbonyl (C=O) groups is 1. The van der Waals surface area contributed by atoms with Gasteiger partial charge in [-0.2, -0.15) is 0 Å². The van der Waals surface area contributed by atoms with Crippen molar-refractivity contribution in [2.75, 3.05) is 39.7 Å². The standard InChI is InChI=1S/C13H19ClN2O3/c1-15-12-5-4-9(14)6-11(12)13(18)16(2)7-10(17)8-19-3/h4-6,10,15,17H,7-8H2,1-3H3. The lowest BCUT2D eigenvalue weighted by Gasteiger charge is -2.21. The molecule has 0 fully saturated rings. The number of aliphatic hydroxyl groups excluding tert-OH is 1. The number of hydrogen-bond donors (Lipinski definition) is 2. The van der Waals surface area contributed by atoms with Crippen molar-refractivity contribution in [3.8, 4) is 0 Å². The number of amides is 1. The first-order valence-corrected chi connectivity index (χ1v) is 6.27. The van der Waals surface area contributed by atoms with E-state index in [0.717, 1.165) is 0 Å². The molecule has 0 aromatic heterocycles. The summed E-state index contributed by atoms with van der Waals surface area (Å²) in [4.78, 5) is 13.7. The molecule has 1 aromatic rings. The summed E-state index contributed by atoms with van der Waals surface area (Å²) in [7, 11) is 4.86.